The standard InChI is InChI=1S/C26H34N4O4/c1-32-20-8-5-18(6-9-20)22(30-11-3-2-4-12-30)17-27-26(31)21-16-28-29-25(21)19-7-10-23-24(15-19)34-14-13-33-23/h5-10,15,21-22,25,28-29H,2-4,11-14,16-17H2,1H3,(H,27,31). The number of nitrogens with one attached hydrogen (secondary N) is 3. The smallest absolute Gasteiger partial charge is 0.226 e. The number of piperidine rings is 1. The molecule has 0 aliphatic carbocycles. The number of methoxy groups -OCH3 is 1. The molecule has 34 heavy (non-hydrogen) atoms. The molecule has 3 unspecified atom stereocenters. The predicted molar refractivity (Wildman–Crippen MR) is 129 cm³/mol. The second-order valence-corrected chi connectivity index (χ2v) is 9.14. The average molecular weight is 467 g/mol. The number of hydrogen-bond acceptors (Lipinski definition) is 7. The maximum absolute atomic E-state index is 13.4. The number of hydrazine groups is 1. The van der Waals surface area contributed by atoms with E-state index in [-0.39, 0.29) is 23.9 Å². The largest absolute Gasteiger partial charge is 0.497 e. The fourth-order valence-electron chi connectivity index (χ4n) is 5.15. The first-order valence-corrected chi connectivity index (χ1v) is 12.3. The summed E-state index contributed by atoms with van der Waals surface area (Å²) in [7, 11) is 1.68. The van der Waals surface area contributed by atoms with E-state index in [2.05, 4.69) is 33.2 Å². The first-order valence-electron chi connectivity index (χ1n) is 12.3. The van der Waals surface area contributed by atoms with Crippen molar-refractivity contribution in [2.45, 2.75) is 31.3 Å². The Kier molecular flexibility index (Phi) is 7.18. The van der Waals surface area contributed by atoms with Crippen LogP contribution in [-0.2, 0) is 4.79 Å². The Morgan fingerprint density at radius 3 is 2.62 bits per heavy atom. The highest BCUT2D eigenvalue weighted by Gasteiger charge is 2.35. The molecule has 0 saturated carbocycles. The molecule has 8 heteroatoms. The van der Waals surface area contributed by atoms with Crippen LogP contribution in [0.2, 0.25) is 0 Å². The summed E-state index contributed by atoms with van der Waals surface area (Å²) in [6.07, 6.45) is 3.67. The number of likely N-dealkylation sites (tertiary alicyclic amines) is 1. The average Bonchev–Trinajstić information content (AvgIpc) is 3.40. The fraction of sp³-hybridized carbons (Fsp3) is 0.500. The van der Waals surface area contributed by atoms with Gasteiger partial charge in [0.2, 0.25) is 5.91 Å². The van der Waals surface area contributed by atoms with Crippen LogP contribution in [0.5, 0.6) is 17.2 Å². The third-order valence-electron chi connectivity index (χ3n) is 7.05. The highest BCUT2D eigenvalue weighted by atomic mass is 16.6. The number of hydrogen-bond donors (Lipinski definition) is 3. The van der Waals surface area contributed by atoms with E-state index in [1.165, 1.54) is 24.8 Å². The van der Waals surface area contributed by atoms with Gasteiger partial charge in [-0.25, -0.2) is 5.43 Å². The van der Waals surface area contributed by atoms with Crippen molar-refractivity contribution in [2.24, 2.45) is 5.92 Å². The van der Waals surface area contributed by atoms with Crippen LogP contribution in [-0.4, -0.2) is 57.3 Å². The van der Waals surface area contributed by atoms with E-state index in [0.717, 1.165) is 35.9 Å². The van der Waals surface area contributed by atoms with Crippen molar-refractivity contribution in [2.75, 3.05) is 46.5 Å². The molecule has 3 heterocycles. The van der Waals surface area contributed by atoms with Crippen LogP contribution in [0.25, 0.3) is 0 Å². The number of fused-ring (bicyclic) bond motifs is 1. The minimum absolute atomic E-state index is 0.0490. The molecule has 8 nitrogen and oxygen atoms in total. The van der Waals surface area contributed by atoms with Crippen molar-refractivity contribution in [3.05, 3.63) is 53.6 Å². The fourth-order valence-corrected chi connectivity index (χ4v) is 5.15. The van der Waals surface area contributed by atoms with Crippen LogP contribution in [0.1, 0.15) is 42.5 Å². The number of nitrogens with zero attached hydrogens (tertiary/aromatic N) is 1. The van der Waals surface area contributed by atoms with E-state index >= 15 is 0 Å². The van der Waals surface area contributed by atoms with Gasteiger partial charge in [-0.1, -0.05) is 24.6 Å². The summed E-state index contributed by atoms with van der Waals surface area (Å²) >= 11 is 0. The van der Waals surface area contributed by atoms with Crippen LogP contribution in [0, 0.1) is 5.92 Å². The van der Waals surface area contributed by atoms with Gasteiger partial charge in [-0.05, 0) is 61.3 Å². The molecule has 3 aliphatic rings. The van der Waals surface area contributed by atoms with Gasteiger partial charge in [0.15, 0.2) is 11.5 Å². The van der Waals surface area contributed by atoms with Crippen LogP contribution in [0.4, 0.5) is 0 Å². The van der Waals surface area contributed by atoms with Gasteiger partial charge in [0.05, 0.1) is 25.1 Å². The molecule has 0 bridgehead atoms. The molecule has 2 saturated heterocycles. The topological polar surface area (TPSA) is 84.1 Å². The first kappa shape index (κ1) is 23.0. The number of amides is 1. The monoisotopic (exact) mass is 466 g/mol. The van der Waals surface area contributed by atoms with Gasteiger partial charge in [0, 0.05) is 13.1 Å². The molecular weight excluding hydrogens is 432 g/mol. The summed E-state index contributed by atoms with van der Waals surface area (Å²) in [6.45, 7) is 4.36. The Hall–Kier alpha value is -2.81. The number of ether oxygens (including phenoxy) is 3. The molecule has 5 rings (SSSR count). The molecule has 2 aromatic carbocycles. The van der Waals surface area contributed by atoms with Crippen molar-refractivity contribution in [3.63, 3.8) is 0 Å². The lowest BCUT2D eigenvalue weighted by Crippen LogP contribution is -2.43. The van der Waals surface area contributed by atoms with Crippen molar-refractivity contribution < 1.29 is 19.0 Å². The number of carbonyl (C=O) groups is 1. The Labute approximate surface area is 200 Å². The van der Waals surface area contributed by atoms with Gasteiger partial charge in [-0.2, -0.15) is 0 Å². The number of benzene rings is 2. The molecule has 0 spiro atoms. The van der Waals surface area contributed by atoms with E-state index in [9.17, 15) is 4.79 Å². The highest BCUT2D eigenvalue weighted by molar-refractivity contribution is 5.80. The molecule has 0 aromatic heterocycles. The Balaban J connectivity index is 1.28. The van der Waals surface area contributed by atoms with Crippen LogP contribution >= 0.6 is 0 Å². The lowest BCUT2D eigenvalue weighted by molar-refractivity contribution is -0.125. The summed E-state index contributed by atoms with van der Waals surface area (Å²) in [5.74, 6) is 2.16. The molecule has 1 amide bonds. The van der Waals surface area contributed by atoms with Crippen molar-refractivity contribution in [1.29, 1.82) is 0 Å². The van der Waals surface area contributed by atoms with Crippen molar-refractivity contribution >= 4 is 5.91 Å². The second-order valence-electron chi connectivity index (χ2n) is 9.14. The van der Waals surface area contributed by atoms with Gasteiger partial charge < -0.3 is 19.5 Å². The number of rotatable bonds is 7. The zero-order chi connectivity index (χ0) is 23.3. The second kappa shape index (κ2) is 10.6. The Morgan fingerprint density at radius 1 is 1.09 bits per heavy atom. The van der Waals surface area contributed by atoms with E-state index < -0.39 is 0 Å². The van der Waals surface area contributed by atoms with Gasteiger partial charge in [0.1, 0.15) is 19.0 Å². The van der Waals surface area contributed by atoms with Gasteiger partial charge in [0.25, 0.3) is 0 Å². The summed E-state index contributed by atoms with van der Waals surface area (Å²) in [6, 6.07) is 14.1. The summed E-state index contributed by atoms with van der Waals surface area (Å²) in [4.78, 5) is 15.8. The van der Waals surface area contributed by atoms with E-state index in [0.29, 0.717) is 26.3 Å². The van der Waals surface area contributed by atoms with Gasteiger partial charge in [-0.15, -0.1) is 0 Å². The van der Waals surface area contributed by atoms with E-state index in [1.54, 1.807) is 7.11 Å². The van der Waals surface area contributed by atoms with Gasteiger partial charge in [-0.3, -0.25) is 15.1 Å². The van der Waals surface area contributed by atoms with Crippen LogP contribution in [0.3, 0.4) is 0 Å². The predicted octanol–water partition coefficient (Wildman–Crippen LogP) is 2.57. The Morgan fingerprint density at radius 2 is 1.85 bits per heavy atom. The molecule has 2 aromatic rings. The van der Waals surface area contributed by atoms with Crippen LogP contribution < -0.4 is 30.4 Å². The summed E-state index contributed by atoms with van der Waals surface area (Å²) in [5.41, 5.74) is 8.66. The summed E-state index contributed by atoms with van der Waals surface area (Å²) < 4.78 is 16.7. The summed E-state index contributed by atoms with van der Waals surface area (Å²) in [5, 5.41) is 3.26. The lowest BCUT2D eigenvalue weighted by atomic mass is 9.93. The molecule has 3 atom stereocenters. The zero-order valence-electron chi connectivity index (χ0n) is 19.7. The normalized spacial score (nSPS) is 23.3. The maximum Gasteiger partial charge on any atom is 0.226 e. The lowest BCUT2D eigenvalue weighted by Gasteiger charge is -2.35. The molecule has 182 valence electrons. The molecule has 3 N–H and O–H groups in total. The third kappa shape index (κ3) is 4.99. The number of carbonyl (C=O) groups excluding carboxylic acids is 1. The van der Waals surface area contributed by atoms with E-state index in [1.807, 2.05) is 30.3 Å². The zero-order valence-corrected chi connectivity index (χ0v) is 19.7. The quantitative estimate of drug-likeness (QED) is 0.578. The SMILES string of the molecule is COc1ccc(C(CNC(=O)C2CNNC2c2ccc3c(c2)OCCO3)N2CCCCC2)cc1. The van der Waals surface area contributed by atoms with Crippen molar-refractivity contribution in [1.82, 2.24) is 21.1 Å². The molecule has 0 radical (unpaired) electrons. The Bertz CT molecular complexity index is 977. The van der Waals surface area contributed by atoms with Crippen LogP contribution in [0.15, 0.2) is 42.5 Å². The molecule has 3 aliphatic heterocycles. The maximum atomic E-state index is 13.4. The molecule has 2 fully saturated rings. The minimum atomic E-state index is -0.222. The first-order chi connectivity index (χ1) is 16.7. The van der Waals surface area contributed by atoms with E-state index in [4.69, 9.17) is 14.2 Å². The minimum Gasteiger partial charge on any atom is -0.497 e. The highest BCUT2D eigenvalue weighted by Crippen LogP contribution is 2.35. The third-order valence-corrected chi connectivity index (χ3v) is 7.05. The van der Waals surface area contributed by atoms with Gasteiger partial charge >= 0.3 is 0 Å². The van der Waals surface area contributed by atoms with Crippen molar-refractivity contribution in [3.8, 4) is 17.2 Å². The molecular formula is C26H34N4O4.